The number of carboxylic acid groups (broad SMARTS) is 1. The molecule has 11 heteroatoms. The first-order chi connectivity index (χ1) is 16.5. The molecule has 1 amide bonds. The number of benzene rings is 2. The highest BCUT2D eigenvalue weighted by Gasteiger charge is 2.74. The lowest BCUT2D eigenvalue weighted by molar-refractivity contribution is -0.154. The Kier molecular flexibility index (Phi) is 6.28. The lowest BCUT2D eigenvalue weighted by Gasteiger charge is -2.32. The van der Waals surface area contributed by atoms with E-state index in [0.717, 1.165) is 18.2 Å². The molecule has 0 radical (unpaired) electrons. The summed E-state index contributed by atoms with van der Waals surface area (Å²) in [6.07, 6.45) is -0.578. The fourth-order valence-corrected chi connectivity index (χ4v) is 7.80. The summed E-state index contributed by atoms with van der Waals surface area (Å²) in [6, 6.07) is 13.3. The summed E-state index contributed by atoms with van der Waals surface area (Å²) in [6.45, 7) is -0.156. The predicted octanol–water partition coefficient (Wildman–Crippen LogP) is 3.20. The third kappa shape index (κ3) is 4.02. The van der Waals surface area contributed by atoms with E-state index in [-0.39, 0.29) is 35.8 Å². The van der Waals surface area contributed by atoms with Crippen LogP contribution < -0.4 is 10.5 Å². The molecule has 2 fully saturated rings. The van der Waals surface area contributed by atoms with Crippen molar-refractivity contribution in [3.05, 3.63) is 59.4 Å². The number of sulfone groups is 1. The van der Waals surface area contributed by atoms with Gasteiger partial charge in [0.15, 0.2) is 9.84 Å². The van der Waals surface area contributed by atoms with Crippen molar-refractivity contribution >= 4 is 33.3 Å². The molecule has 184 valence electrons. The lowest BCUT2D eigenvalue weighted by Crippen LogP contribution is -2.43. The van der Waals surface area contributed by atoms with Gasteiger partial charge in [-0.25, -0.2) is 12.8 Å². The number of nitrogens with two attached hydrogens (primary N) is 1. The van der Waals surface area contributed by atoms with Gasteiger partial charge in [0.2, 0.25) is 5.91 Å². The van der Waals surface area contributed by atoms with Gasteiger partial charge in [0.25, 0.3) is 0 Å². The van der Waals surface area contributed by atoms with E-state index in [1.54, 1.807) is 30.3 Å². The maximum absolute atomic E-state index is 13.5. The van der Waals surface area contributed by atoms with E-state index in [9.17, 15) is 32.8 Å². The Hall–Kier alpha value is -3.16. The number of primary amides is 1. The van der Waals surface area contributed by atoms with Gasteiger partial charge in [-0.05, 0) is 49.6 Å². The Morgan fingerprint density at radius 3 is 2.46 bits per heavy atom. The monoisotopic (exact) mass is 520 g/mol. The van der Waals surface area contributed by atoms with Crippen molar-refractivity contribution in [3.63, 3.8) is 0 Å². The van der Waals surface area contributed by atoms with Gasteiger partial charge in [0, 0.05) is 11.8 Å². The number of carbonyl (C=O) groups excluding carboxylic acids is 1. The second-order valence-corrected chi connectivity index (χ2v) is 11.7. The van der Waals surface area contributed by atoms with Gasteiger partial charge in [-0.15, -0.1) is 0 Å². The molecule has 35 heavy (non-hydrogen) atoms. The molecule has 0 bridgehead atoms. The number of aliphatic carboxylic acids is 1. The Balaban J connectivity index is 1.75. The molecule has 8 nitrogen and oxygen atoms in total. The Bertz CT molecular complexity index is 1330. The van der Waals surface area contributed by atoms with Crippen molar-refractivity contribution in [1.29, 1.82) is 5.26 Å². The first-order valence-electron chi connectivity index (χ1n) is 10.8. The molecule has 5 atom stereocenters. The van der Waals surface area contributed by atoms with Crippen molar-refractivity contribution < 1.29 is 32.2 Å². The van der Waals surface area contributed by atoms with Crippen molar-refractivity contribution in [2.24, 2.45) is 28.4 Å². The minimum atomic E-state index is -4.19. The van der Waals surface area contributed by atoms with Gasteiger partial charge >= 0.3 is 5.97 Å². The number of carboxylic acids is 1. The van der Waals surface area contributed by atoms with Crippen LogP contribution in [0.4, 0.5) is 4.39 Å². The molecule has 2 aliphatic carbocycles. The van der Waals surface area contributed by atoms with Crippen LogP contribution in [0.25, 0.3) is 0 Å². The van der Waals surface area contributed by atoms with Crippen LogP contribution in [0.15, 0.2) is 53.4 Å². The third-order valence-corrected chi connectivity index (χ3v) is 9.93. The number of nitrogens with zero attached hydrogens (tertiary/aromatic N) is 1. The smallest absolute Gasteiger partial charge is 0.310 e. The first-order valence-corrected chi connectivity index (χ1v) is 12.7. The molecule has 0 heterocycles. The molecule has 0 aliphatic heterocycles. The second-order valence-electron chi connectivity index (χ2n) is 9.05. The van der Waals surface area contributed by atoms with E-state index < -0.39 is 55.4 Å². The van der Waals surface area contributed by atoms with Crippen molar-refractivity contribution in [2.75, 3.05) is 6.61 Å². The lowest BCUT2D eigenvalue weighted by atomic mass is 9.71. The quantitative estimate of drug-likeness (QED) is 0.508. The fourth-order valence-electron chi connectivity index (χ4n) is 5.38. The highest BCUT2D eigenvalue weighted by atomic mass is 35.5. The summed E-state index contributed by atoms with van der Waals surface area (Å²) in [5.74, 6) is -4.38. The van der Waals surface area contributed by atoms with Crippen molar-refractivity contribution in [3.8, 4) is 11.8 Å². The number of amides is 1. The Labute approximate surface area is 206 Å². The van der Waals surface area contributed by atoms with Crippen LogP contribution in [-0.2, 0) is 19.4 Å². The zero-order valence-electron chi connectivity index (χ0n) is 18.4. The number of nitriles is 1. The summed E-state index contributed by atoms with van der Waals surface area (Å²) in [7, 11) is -4.19. The molecule has 2 saturated carbocycles. The summed E-state index contributed by atoms with van der Waals surface area (Å²) in [4.78, 5) is 24.6. The van der Waals surface area contributed by atoms with Crippen LogP contribution in [0.1, 0.15) is 19.3 Å². The van der Waals surface area contributed by atoms with Gasteiger partial charge in [-0.1, -0.05) is 29.8 Å². The number of hydrogen-bond donors (Lipinski definition) is 2. The average molecular weight is 521 g/mol. The maximum atomic E-state index is 13.5. The standard InChI is InChI=1S/C24H22ClFN2O6S/c25-18-9-15(26)6-7-19(18)35(32,33)17-8-14(12-34-16-4-2-1-3-5-16)24(10-17,22(30)31)20-11-23(20,13-27)21(28)29/h1-7,9,14,17,20H,8,10-12H2,(H2,28,29)(H,30,31)/t14-,17-,20?,23?,24-/m0/s1. The Morgan fingerprint density at radius 1 is 1.23 bits per heavy atom. The zero-order valence-corrected chi connectivity index (χ0v) is 19.9. The number of para-hydroxylation sites is 1. The minimum absolute atomic E-state index is 0.0863. The fraction of sp³-hybridized carbons (Fsp3) is 0.375. The number of carbonyl (C=O) groups is 2. The molecular weight excluding hydrogens is 499 g/mol. The van der Waals surface area contributed by atoms with Crippen LogP contribution in [0, 0.1) is 39.8 Å². The molecule has 2 aromatic rings. The molecule has 0 spiro atoms. The molecule has 0 saturated heterocycles. The van der Waals surface area contributed by atoms with E-state index >= 15 is 0 Å². The first kappa shape index (κ1) is 24.9. The minimum Gasteiger partial charge on any atom is -0.493 e. The number of hydrogen-bond acceptors (Lipinski definition) is 6. The van der Waals surface area contributed by atoms with E-state index in [4.69, 9.17) is 22.1 Å². The number of rotatable bonds is 8. The molecule has 2 unspecified atom stereocenters. The second kappa shape index (κ2) is 8.81. The van der Waals surface area contributed by atoms with Gasteiger partial charge in [0.1, 0.15) is 17.0 Å². The molecule has 2 aromatic carbocycles. The van der Waals surface area contributed by atoms with Gasteiger partial charge < -0.3 is 15.6 Å². The van der Waals surface area contributed by atoms with Gasteiger partial charge in [0.05, 0.1) is 33.3 Å². The van der Waals surface area contributed by atoms with Crippen LogP contribution in [0.3, 0.4) is 0 Å². The highest BCUT2D eigenvalue weighted by molar-refractivity contribution is 7.92. The zero-order chi connectivity index (χ0) is 25.6. The van der Waals surface area contributed by atoms with Crippen LogP contribution >= 0.6 is 11.6 Å². The van der Waals surface area contributed by atoms with Crippen molar-refractivity contribution in [1.82, 2.24) is 0 Å². The predicted molar refractivity (Wildman–Crippen MR) is 122 cm³/mol. The summed E-state index contributed by atoms with van der Waals surface area (Å²) in [5.41, 5.74) is 2.00. The summed E-state index contributed by atoms with van der Waals surface area (Å²) >= 11 is 6.02. The largest absolute Gasteiger partial charge is 0.493 e. The molecular formula is C24H22ClFN2O6S. The molecule has 3 N–H and O–H groups in total. The number of ether oxygens (including phenoxy) is 1. The third-order valence-electron chi connectivity index (χ3n) is 7.30. The van der Waals surface area contributed by atoms with Gasteiger partial charge in [-0.2, -0.15) is 5.26 Å². The van der Waals surface area contributed by atoms with Crippen LogP contribution in [-0.4, -0.2) is 37.3 Å². The van der Waals surface area contributed by atoms with Crippen LogP contribution in [0.5, 0.6) is 5.75 Å². The van der Waals surface area contributed by atoms with Crippen LogP contribution in [0.2, 0.25) is 5.02 Å². The van der Waals surface area contributed by atoms with E-state index in [0.29, 0.717) is 5.75 Å². The number of halogens is 2. The maximum Gasteiger partial charge on any atom is 0.310 e. The molecule has 4 rings (SSSR count). The van der Waals surface area contributed by atoms with E-state index in [1.807, 2.05) is 6.07 Å². The normalized spacial score (nSPS) is 29.8. The average Bonchev–Trinajstić information content (AvgIpc) is 3.44. The molecule has 0 aromatic heterocycles. The summed E-state index contributed by atoms with van der Waals surface area (Å²) in [5, 5.41) is 18.5. The molecule has 2 aliphatic rings. The van der Waals surface area contributed by atoms with Gasteiger partial charge in [-0.3, -0.25) is 9.59 Å². The van der Waals surface area contributed by atoms with Crippen molar-refractivity contribution in [2.45, 2.75) is 29.4 Å². The Morgan fingerprint density at radius 2 is 1.91 bits per heavy atom. The highest BCUT2D eigenvalue weighted by Crippen LogP contribution is 2.68. The SMILES string of the molecule is N#CC1(C(N)=O)CC1[C@]1(C(=O)O)C[C@@H](S(=O)(=O)c2ccc(F)cc2Cl)C[C@H]1COc1ccccc1. The van der Waals surface area contributed by atoms with E-state index in [1.165, 1.54) is 0 Å². The van der Waals surface area contributed by atoms with E-state index in [2.05, 4.69) is 0 Å². The summed E-state index contributed by atoms with van der Waals surface area (Å²) < 4.78 is 46.4. The topological polar surface area (TPSA) is 148 Å².